The van der Waals surface area contributed by atoms with E-state index in [1.165, 1.54) is 44.9 Å². The molecule has 1 N–H and O–H groups in total. The van der Waals surface area contributed by atoms with Gasteiger partial charge in [-0.1, -0.05) is 46.5 Å². The second-order valence-corrected chi connectivity index (χ2v) is 5.90. The minimum Gasteiger partial charge on any atom is -0.393 e. The lowest BCUT2D eigenvalue weighted by Gasteiger charge is -2.34. The van der Waals surface area contributed by atoms with Crippen LogP contribution in [0.1, 0.15) is 72.1 Å². The fourth-order valence-corrected chi connectivity index (χ4v) is 3.15. The van der Waals surface area contributed by atoms with Crippen LogP contribution < -0.4 is 0 Å². The molecule has 1 aliphatic rings. The Hall–Kier alpha value is -0.0400. The molecule has 1 rings (SSSR count). The topological polar surface area (TPSA) is 20.2 Å². The van der Waals surface area contributed by atoms with E-state index >= 15 is 0 Å². The van der Waals surface area contributed by atoms with Gasteiger partial charge in [0.25, 0.3) is 0 Å². The molecule has 0 aromatic heterocycles. The Bertz CT molecular complexity index is 178. The molecule has 1 nitrogen and oxygen atoms in total. The van der Waals surface area contributed by atoms with Crippen molar-refractivity contribution in [2.45, 2.75) is 78.2 Å². The zero-order valence-electron chi connectivity index (χ0n) is 11.4. The first kappa shape index (κ1) is 14.0. The lowest BCUT2D eigenvalue weighted by Crippen LogP contribution is -2.29. The molecule has 0 heterocycles. The molecular weight excluding hydrogens is 196 g/mol. The molecule has 0 bridgehead atoms. The van der Waals surface area contributed by atoms with E-state index in [1.807, 2.05) is 0 Å². The summed E-state index contributed by atoms with van der Waals surface area (Å²) in [4.78, 5) is 0. The normalized spacial score (nSPS) is 32.6. The van der Waals surface area contributed by atoms with Crippen LogP contribution in [-0.4, -0.2) is 11.2 Å². The van der Waals surface area contributed by atoms with Gasteiger partial charge in [-0.15, -0.1) is 0 Å². The molecule has 1 fully saturated rings. The van der Waals surface area contributed by atoms with E-state index in [2.05, 4.69) is 20.8 Å². The quantitative estimate of drug-likeness (QED) is 0.712. The van der Waals surface area contributed by atoms with Crippen LogP contribution in [0.3, 0.4) is 0 Å². The van der Waals surface area contributed by atoms with Crippen LogP contribution in [0.5, 0.6) is 0 Å². The van der Waals surface area contributed by atoms with Crippen molar-refractivity contribution in [2.24, 2.45) is 17.8 Å². The van der Waals surface area contributed by atoms with E-state index in [9.17, 15) is 5.11 Å². The molecule has 0 amide bonds. The molecule has 0 aromatic rings. The molecule has 16 heavy (non-hydrogen) atoms. The lowest BCUT2D eigenvalue weighted by atomic mass is 9.75. The monoisotopic (exact) mass is 226 g/mol. The van der Waals surface area contributed by atoms with Gasteiger partial charge in [0, 0.05) is 0 Å². The van der Waals surface area contributed by atoms with Gasteiger partial charge < -0.3 is 5.11 Å². The van der Waals surface area contributed by atoms with E-state index in [0.717, 1.165) is 18.3 Å². The molecule has 4 unspecified atom stereocenters. The number of unbranched alkanes of at least 4 members (excludes halogenated alkanes) is 1. The van der Waals surface area contributed by atoms with Crippen LogP contribution in [0.2, 0.25) is 0 Å². The SMILES string of the molecule is CCCCC(CC)CC1CC(C)CCC1O. The maximum absolute atomic E-state index is 10.1. The van der Waals surface area contributed by atoms with Gasteiger partial charge in [-0.2, -0.15) is 0 Å². The highest BCUT2D eigenvalue weighted by molar-refractivity contribution is 4.79. The van der Waals surface area contributed by atoms with E-state index in [-0.39, 0.29) is 6.10 Å². The molecule has 0 saturated heterocycles. The molecular formula is C15H30O. The summed E-state index contributed by atoms with van der Waals surface area (Å²) in [5.41, 5.74) is 0. The minimum absolute atomic E-state index is 0.00752. The summed E-state index contributed by atoms with van der Waals surface area (Å²) in [5.74, 6) is 2.27. The molecule has 1 heteroatoms. The van der Waals surface area contributed by atoms with E-state index < -0.39 is 0 Å². The van der Waals surface area contributed by atoms with Gasteiger partial charge in [-0.05, 0) is 43.4 Å². The average molecular weight is 226 g/mol. The molecule has 0 radical (unpaired) electrons. The Morgan fingerprint density at radius 2 is 2.00 bits per heavy atom. The fraction of sp³-hybridized carbons (Fsp3) is 1.00. The van der Waals surface area contributed by atoms with Gasteiger partial charge in [-0.25, -0.2) is 0 Å². The Labute approximate surface area is 102 Å². The molecule has 1 saturated carbocycles. The first-order valence-corrected chi connectivity index (χ1v) is 7.35. The second-order valence-electron chi connectivity index (χ2n) is 5.90. The minimum atomic E-state index is -0.00752. The smallest absolute Gasteiger partial charge is 0.0568 e. The van der Waals surface area contributed by atoms with Gasteiger partial charge >= 0.3 is 0 Å². The number of hydrogen-bond acceptors (Lipinski definition) is 1. The summed E-state index contributed by atoms with van der Waals surface area (Å²) in [5, 5.41) is 10.1. The average Bonchev–Trinajstić information content (AvgIpc) is 2.28. The molecule has 1 aliphatic carbocycles. The summed E-state index contributed by atoms with van der Waals surface area (Å²) in [6, 6.07) is 0. The van der Waals surface area contributed by atoms with Crippen molar-refractivity contribution in [3.63, 3.8) is 0 Å². The molecule has 0 spiro atoms. The van der Waals surface area contributed by atoms with Crippen LogP contribution in [0.4, 0.5) is 0 Å². The van der Waals surface area contributed by atoms with Crippen LogP contribution in [0.15, 0.2) is 0 Å². The predicted octanol–water partition coefficient (Wildman–Crippen LogP) is 4.39. The van der Waals surface area contributed by atoms with Gasteiger partial charge in [0.05, 0.1) is 6.10 Å². The highest BCUT2D eigenvalue weighted by Gasteiger charge is 2.28. The Morgan fingerprint density at radius 1 is 1.25 bits per heavy atom. The van der Waals surface area contributed by atoms with Crippen molar-refractivity contribution in [1.82, 2.24) is 0 Å². The zero-order chi connectivity index (χ0) is 12.0. The Balaban J connectivity index is 2.36. The summed E-state index contributed by atoms with van der Waals surface area (Å²) in [6.07, 6.45) is 10.1. The summed E-state index contributed by atoms with van der Waals surface area (Å²) >= 11 is 0. The third-order valence-corrected chi connectivity index (χ3v) is 4.38. The predicted molar refractivity (Wildman–Crippen MR) is 70.4 cm³/mol. The fourth-order valence-electron chi connectivity index (χ4n) is 3.15. The Morgan fingerprint density at radius 3 is 2.62 bits per heavy atom. The summed E-state index contributed by atoms with van der Waals surface area (Å²) in [6.45, 7) is 6.91. The van der Waals surface area contributed by atoms with E-state index in [1.54, 1.807) is 0 Å². The molecule has 0 aliphatic heterocycles. The highest BCUT2D eigenvalue weighted by atomic mass is 16.3. The van der Waals surface area contributed by atoms with Crippen molar-refractivity contribution >= 4 is 0 Å². The molecule has 4 atom stereocenters. The maximum Gasteiger partial charge on any atom is 0.0568 e. The molecule has 96 valence electrons. The van der Waals surface area contributed by atoms with Crippen LogP contribution in [-0.2, 0) is 0 Å². The Kier molecular flexibility index (Phi) is 6.41. The van der Waals surface area contributed by atoms with Gasteiger partial charge in [0.2, 0.25) is 0 Å². The molecule has 0 aromatic carbocycles. The lowest BCUT2D eigenvalue weighted by molar-refractivity contribution is 0.0374. The van der Waals surface area contributed by atoms with Crippen molar-refractivity contribution in [2.75, 3.05) is 0 Å². The maximum atomic E-state index is 10.1. The number of hydrogen-bond donors (Lipinski definition) is 1. The van der Waals surface area contributed by atoms with E-state index in [4.69, 9.17) is 0 Å². The van der Waals surface area contributed by atoms with Crippen LogP contribution >= 0.6 is 0 Å². The standard InChI is InChI=1S/C15H30O/c1-4-6-7-13(5-2)11-14-10-12(3)8-9-15(14)16/h12-16H,4-11H2,1-3H3. The van der Waals surface area contributed by atoms with Crippen molar-refractivity contribution in [3.05, 3.63) is 0 Å². The number of aliphatic hydroxyl groups excluding tert-OH is 1. The van der Waals surface area contributed by atoms with Crippen molar-refractivity contribution < 1.29 is 5.11 Å². The number of rotatable bonds is 6. The zero-order valence-corrected chi connectivity index (χ0v) is 11.4. The number of aliphatic hydroxyl groups is 1. The van der Waals surface area contributed by atoms with Gasteiger partial charge in [-0.3, -0.25) is 0 Å². The van der Waals surface area contributed by atoms with Gasteiger partial charge in [0.1, 0.15) is 0 Å². The first-order chi connectivity index (χ1) is 7.67. The largest absolute Gasteiger partial charge is 0.393 e. The van der Waals surface area contributed by atoms with Crippen molar-refractivity contribution in [3.8, 4) is 0 Å². The first-order valence-electron chi connectivity index (χ1n) is 7.35. The van der Waals surface area contributed by atoms with Crippen molar-refractivity contribution in [1.29, 1.82) is 0 Å². The van der Waals surface area contributed by atoms with Gasteiger partial charge in [0.15, 0.2) is 0 Å². The highest BCUT2D eigenvalue weighted by Crippen LogP contribution is 2.35. The van der Waals surface area contributed by atoms with E-state index in [0.29, 0.717) is 5.92 Å². The summed E-state index contributed by atoms with van der Waals surface area (Å²) in [7, 11) is 0. The summed E-state index contributed by atoms with van der Waals surface area (Å²) < 4.78 is 0. The van der Waals surface area contributed by atoms with Crippen LogP contribution in [0.25, 0.3) is 0 Å². The third-order valence-electron chi connectivity index (χ3n) is 4.38. The van der Waals surface area contributed by atoms with Crippen LogP contribution in [0, 0.1) is 17.8 Å². The second kappa shape index (κ2) is 7.32. The third kappa shape index (κ3) is 4.45.